The van der Waals surface area contributed by atoms with E-state index in [1.54, 1.807) is 24.5 Å². The van der Waals surface area contributed by atoms with Crippen molar-refractivity contribution in [2.24, 2.45) is 5.73 Å². The molecule has 0 fully saturated rings. The van der Waals surface area contributed by atoms with Gasteiger partial charge in [-0.1, -0.05) is 6.07 Å². The second-order valence-corrected chi connectivity index (χ2v) is 2.51. The summed E-state index contributed by atoms with van der Waals surface area (Å²) in [5, 5.41) is 8.50. The van der Waals surface area contributed by atoms with Gasteiger partial charge in [0.1, 0.15) is 6.04 Å². The maximum Gasteiger partial charge on any atom is 0.320 e. The molecule has 72 valence electrons. The summed E-state index contributed by atoms with van der Waals surface area (Å²) < 4.78 is 0. The van der Waals surface area contributed by atoms with Crippen LogP contribution < -0.4 is 5.73 Å². The SMILES string of the molecule is Cl.N[C@@H](Cc1cccnc1)C(=O)O. The van der Waals surface area contributed by atoms with Crippen LogP contribution >= 0.6 is 12.4 Å². The van der Waals surface area contributed by atoms with Crippen molar-refractivity contribution in [2.45, 2.75) is 12.5 Å². The minimum atomic E-state index is -0.987. The van der Waals surface area contributed by atoms with Crippen LogP contribution in [-0.2, 0) is 11.2 Å². The summed E-state index contributed by atoms with van der Waals surface area (Å²) in [4.78, 5) is 14.2. The molecule has 1 heterocycles. The molecule has 0 aromatic carbocycles. The number of aromatic nitrogens is 1. The van der Waals surface area contributed by atoms with Gasteiger partial charge in [-0.25, -0.2) is 0 Å². The third-order valence-corrected chi connectivity index (χ3v) is 1.50. The van der Waals surface area contributed by atoms with E-state index in [0.717, 1.165) is 5.56 Å². The van der Waals surface area contributed by atoms with Gasteiger partial charge >= 0.3 is 5.97 Å². The first-order valence-electron chi connectivity index (χ1n) is 3.57. The Hall–Kier alpha value is -1.13. The Morgan fingerprint density at radius 3 is 2.85 bits per heavy atom. The lowest BCUT2D eigenvalue weighted by atomic mass is 10.1. The Morgan fingerprint density at radius 1 is 1.69 bits per heavy atom. The normalized spacial score (nSPS) is 11.5. The highest BCUT2D eigenvalue weighted by Gasteiger charge is 2.11. The summed E-state index contributed by atoms with van der Waals surface area (Å²) in [7, 11) is 0. The van der Waals surface area contributed by atoms with Crippen LogP contribution in [0.1, 0.15) is 5.56 Å². The maximum absolute atomic E-state index is 10.4. The van der Waals surface area contributed by atoms with Crippen LogP contribution in [-0.4, -0.2) is 22.1 Å². The Morgan fingerprint density at radius 2 is 2.38 bits per heavy atom. The zero-order valence-corrected chi connectivity index (χ0v) is 7.70. The number of nitrogens with zero attached hydrogens (tertiary/aromatic N) is 1. The van der Waals surface area contributed by atoms with E-state index < -0.39 is 12.0 Å². The van der Waals surface area contributed by atoms with E-state index in [4.69, 9.17) is 10.8 Å². The van der Waals surface area contributed by atoms with Crippen LogP contribution in [0, 0.1) is 0 Å². The van der Waals surface area contributed by atoms with Gasteiger partial charge in [0.25, 0.3) is 0 Å². The summed E-state index contributed by atoms with van der Waals surface area (Å²) in [5.41, 5.74) is 6.16. The predicted octanol–water partition coefficient (Wildman–Crippen LogP) is 0.458. The molecule has 0 aliphatic heterocycles. The third kappa shape index (κ3) is 3.87. The number of carbonyl (C=O) groups is 1. The summed E-state index contributed by atoms with van der Waals surface area (Å²) in [6.07, 6.45) is 3.57. The van der Waals surface area contributed by atoms with E-state index in [1.165, 1.54) is 0 Å². The maximum atomic E-state index is 10.4. The smallest absolute Gasteiger partial charge is 0.320 e. The van der Waals surface area contributed by atoms with E-state index in [1.807, 2.05) is 0 Å². The van der Waals surface area contributed by atoms with Gasteiger partial charge in [-0.05, 0) is 18.1 Å². The lowest BCUT2D eigenvalue weighted by molar-refractivity contribution is -0.138. The molecule has 1 atom stereocenters. The number of hydrogen-bond donors (Lipinski definition) is 2. The summed E-state index contributed by atoms with van der Waals surface area (Å²) in [5.74, 6) is -0.987. The molecule has 0 saturated heterocycles. The zero-order chi connectivity index (χ0) is 8.97. The highest BCUT2D eigenvalue weighted by molar-refractivity contribution is 5.85. The molecule has 0 radical (unpaired) electrons. The third-order valence-electron chi connectivity index (χ3n) is 1.50. The van der Waals surface area contributed by atoms with Crippen molar-refractivity contribution in [3.8, 4) is 0 Å². The molecule has 0 unspecified atom stereocenters. The van der Waals surface area contributed by atoms with Crippen LogP contribution in [0.4, 0.5) is 0 Å². The molecule has 3 N–H and O–H groups in total. The first kappa shape index (κ1) is 11.9. The van der Waals surface area contributed by atoms with E-state index in [-0.39, 0.29) is 12.4 Å². The van der Waals surface area contributed by atoms with Gasteiger partial charge in [0, 0.05) is 12.4 Å². The number of aliphatic carboxylic acids is 1. The fraction of sp³-hybridized carbons (Fsp3) is 0.250. The average Bonchev–Trinajstić information content (AvgIpc) is 2.06. The molecule has 0 spiro atoms. The molecular formula is C8H11ClN2O2. The van der Waals surface area contributed by atoms with Crippen LogP contribution in [0.5, 0.6) is 0 Å². The van der Waals surface area contributed by atoms with E-state index in [0.29, 0.717) is 6.42 Å². The number of halogens is 1. The number of nitrogens with two attached hydrogens (primary N) is 1. The summed E-state index contributed by atoms with van der Waals surface area (Å²) in [6, 6.07) is 2.72. The van der Waals surface area contributed by atoms with Gasteiger partial charge in [-0.3, -0.25) is 9.78 Å². The summed E-state index contributed by atoms with van der Waals surface area (Å²) >= 11 is 0. The van der Waals surface area contributed by atoms with Crippen molar-refractivity contribution in [1.82, 2.24) is 4.98 Å². The highest BCUT2D eigenvalue weighted by atomic mass is 35.5. The number of carboxylic acid groups (broad SMARTS) is 1. The first-order valence-corrected chi connectivity index (χ1v) is 3.57. The number of pyridine rings is 1. The highest BCUT2D eigenvalue weighted by Crippen LogP contribution is 1.99. The lowest BCUT2D eigenvalue weighted by Crippen LogP contribution is -2.32. The molecule has 1 rings (SSSR count). The Bertz CT molecular complexity index is 266. The van der Waals surface area contributed by atoms with Crippen molar-refractivity contribution in [3.63, 3.8) is 0 Å². The molecule has 0 aliphatic rings. The number of rotatable bonds is 3. The fourth-order valence-corrected chi connectivity index (χ4v) is 0.860. The first-order chi connectivity index (χ1) is 5.70. The van der Waals surface area contributed by atoms with Gasteiger partial charge in [-0.2, -0.15) is 0 Å². The molecule has 0 aliphatic carbocycles. The molecule has 0 saturated carbocycles. The Balaban J connectivity index is 0.00000144. The fourth-order valence-electron chi connectivity index (χ4n) is 0.860. The summed E-state index contributed by atoms with van der Waals surface area (Å²) in [6.45, 7) is 0. The van der Waals surface area contributed by atoms with Gasteiger partial charge < -0.3 is 10.8 Å². The van der Waals surface area contributed by atoms with Crippen molar-refractivity contribution < 1.29 is 9.90 Å². The van der Waals surface area contributed by atoms with Gasteiger partial charge in [0.15, 0.2) is 0 Å². The molecule has 0 amide bonds. The van der Waals surface area contributed by atoms with Crippen LogP contribution in [0.2, 0.25) is 0 Å². The number of hydrogen-bond acceptors (Lipinski definition) is 3. The second kappa shape index (κ2) is 5.50. The molecular weight excluding hydrogens is 192 g/mol. The molecule has 13 heavy (non-hydrogen) atoms. The molecule has 0 bridgehead atoms. The van der Waals surface area contributed by atoms with Crippen molar-refractivity contribution in [3.05, 3.63) is 30.1 Å². The van der Waals surface area contributed by atoms with Crippen LogP contribution in [0.3, 0.4) is 0 Å². The molecule has 1 aromatic rings. The minimum Gasteiger partial charge on any atom is -0.480 e. The topological polar surface area (TPSA) is 76.2 Å². The predicted molar refractivity (Wildman–Crippen MR) is 50.8 cm³/mol. The van der Waals surface area contributed by atoms with E-state index in [2.05, 4.69) is 4.98 Å². The quantitative estimate of drug-likeness (QED) is 0.747. The van der Waals surface area contributed by atoms with Crippen LogP contribution in [0.15, 0.2) is 24.5 Å². The molecule has 1 aromatic heterocycles. The van der Waals surface area contributed by atoms with E-state index in [9.17, 15) is 4.79 Å². The zero-order valence-electron chi connectivity index (χ0n) is 6.88. The standard InChI is InChI=1S/C8H10N2O2.ClH/c9-7(8(11)12)4-6-2-1-3-10-5-6;/h1-3,5,7H,4,9H2,(H,11,12);1H/t7-;/m0./s1. The van der Waals surface area contributed by atoms with Crippen molar-refractivity contribution in [1.29, 1.82) is 0 Å². The Labute approximate surface area is 82.2 Å². The van der Waals surface area contributed by atoms with Crippen molar-refractivity contribution in [2.75, 3.05) is 0 Å². The molecule has 5 heteroatoms. The van der Waals surface area contributed by atoms with E-state index >= 15 is 0 Å². The van der Waals surface area contributed by atoms with Crippen LogP contribution in [0.25, 0.3) is 0 Å². The number of carboxylic acids is 1. The van der Waals surface area contributed by atoms with Gasteiger partial charge in [-0.15, -0.1) is 12.4 Å². The minimum absolute atomic E-state index is 0. The van der Waals surface area contributed by atoms with Crippen molar-refractivity contribution >= 4 is 18.4 Å². The van der Waals surface area contributed by atoms with Gasteiger partial charge in [0.05, 0.1) is 0 Å². The second-order valence-electron chi connectivity index (χ2n) is 2.51. The largest absolute Gasteiger partial charge is 0.480 e. The monoisotopic (exact) mass is 202 g/mol. The Kier molecular flexibility index (Phi) is 5.03. The molecule has 4 nitrogen and oxygen atoms in total. The average molecular weight is 203 g/mol. The van der Waals surface area contributed by atoms with Gasteiger partial charge in [0.2, 0.25) is 0 Å². The lowest BCUT2D eigenvalue weighted by Gasteiger charge is -2.04.